The maximum atomic E-state index is 12.1. The molecule has 1 rings (SSSR count). The predicted molar refractivity (Wildman–Crippen MR) is 73.3 cm³/mol. The maximum Gasteiger partial charge on any atom is 0.226 e. The third kappa shape index (κ3) is 3.33. The fraction of sp³-hybridized carbons (Fsp3) is 0.467. The van der Waals surface area contributed by atoms with Crippen molar-refractivity contribution in [3.63, 3.8) is 0 Å². The Morgan fingerprint density at radius 3 is 2.72 bits per heavy atom. The molecular weight excluding hydrogens is 224 g/mol. The molecule has 18 heavy (non-hydrogen) atoms. The third-order valence-corrected chi connectivity index (χ3v) is 2.97. The summed E-state index contributed by atoms with van der Waals surface area (Å²) >= 11 is 0. The number of benzene rings is 1. The van der Waals surface area contributed by atoms with Gasteiger partial charge in [-0.3, -0.25) is 4.79 Å². The number of hydrogen-bond donors (Lipinski definition) is 0. The Morgan fingerprint density at radius 1 is 1.44 bits per heavy atom. The maximum absolute atomic E-state index is 12.1. The Hall–Kier alpha value is -1.82. The van der Waals surface area contributed by atoms with Crippen molar-refractivity contribution in [1.82, 2.24) is 0 Å². The van der Waals surface area contributed by atoms with Crippen molar-refractivity contribution in [2.24, 2.45) is 0 Å². The van der Waals surface area contributed by atoms with Gasteiger partial charge < -0.3 is 4.90 Å². The first-order chi connectivity index (χ1) is 8.63. The van der Waals surface area contributed by atoms with E-state index in [0.717, 1.165) is 18.5 Å². The van der Waals surface area contributed by atoms with Crippen LogP contribution in [0.15, 0.2) is 24.3 Å². The Kier molecular flexibility index (Phi) is 5.38. The fourth-order valence-electron chi connectivity index (χ4n) is 2.09. The van der Waals surface area contributed by atoms with Gasteiger partial charge in [0.25, 0.3) is 0 Å². The molecule has 0 aliphatic heterocycles. The van der Waals surface area contributed by atoms with Crippen LogP contribution in [0, 0.1) is 11.3 Å². The number of nitriles is 1. The molecule has 0 aliphatic rings. The molecule has 3 nitrogen and oxygen atoms in total. The average Bonchev–Trinajstić information content (AvgIpc) is 2.39. The Balaban J connectivity index is 3.09. The summed E-state index contributed by atoms with van der Waals surface area (Å²) in [4.78, 5) is 13.9. The van der Waals surface area contributed by atoms with Crippen molar-refractivity contribution < 1.29 is 4.79 Å². The van der Waals surface area contributed by atoms with Gasteiger partial charge >= 0.3 is 0 Å². The lowest BCUT2D eigenvalue weighted by Gasteiger charge is -2.29. The molecular formula is C15H20N2O. The molecule has 0 aromatic heterocycles. The van der Waals surface area contributed by atoms with E-state index in [1.165, 1.54) is 0 Å². The number of carbonyl (C=O) groups excluding carboxylic acids is 1. The quantitative estimate of drug-likeness (QED) is 0.795. The number of amides is 1. The molecule has 0 saturated heterocycles. The molecule has 96 valence electrons. The first-order valence-electron chi connectivity index (χ1n) is 6.46. The second kappa shape index (κ2) is 6.80. The van der Waals surface area contributed by atoms with Gasteiger partial charge in [0, 0.05) is 18.2 Å². The zero-order chi connectivity index (χ0) is 13.5. The van der Waals surface area contributed by atoms with Gasteiger partial charge in [-0.2, -0.15) is 5.26 Å². The number of carbonyl (C=O) groups is 1. The second-order valence-corrected chi connectivity index (χ2v) is 4.42. The number of nitrogens with zero attached hydrogens (tertiary/aromatic N) is 2. The van der Waals surface area contributed by atoms with Crippen LogP contribution in [-0.4, -0.2) is 11.9 Å². The predicted octanol–water partition coefficient (Wildman–Crippen LogP) is 3.49. The van der Waals surface area contributed by atoms with E-state index >= 15 is 0 Å². The van der Waals surface area contributed by atoms with Crippen LogP contribution in [0.4, 0.5) is 5.69 Å². The Labute approximate surface area is 109 Å². The molecule has 0 bridgehead atoms. The Bertz CT molecular complexity index is 448. The van der Waals surface area contributed by atoms with Crippen molar-refractivity contribution in [3.05, 3.63) is 29.8 Å². The summed E-state index contributed by atoms with van der Waals surface area (Å²) in [5, 5.41) is 8.93. The molecule has 0 heterocycles. The molecule has 1 unspecified atom stereocenters. The normalized spacial score (nSPS) is 11.7. The molecule has 0 saturated carbocycles. The monoisotopic (exact) mass is 244 g/mol. The van der Waals surface area contributed by atoms with Crippen molar-refractivity contribution in [2.45, 2.75) is 46.1 Å². The summed E-state index contributed by atoms with van der Waals surface area (Å²) in [6.07, 6.45) is 2.47. The molecule has 3 heteroatoms. The SMILES string of the molecule is CCCC(C)N(C(=O)CC)c1cccc(C#N)c1. The van der Waals surface area contributed by atoms with Crippen molar-refractivity contribution in [2.75, 3.05) is 4.90 Å². The highest BCUT2D eigenvalue weighted by atomic mass is 16.2. The van der Waals surface area contributed by atoms with Crippen LogP contribution < -0.4 is 4.90 Å². The van der Waals surface area contributed by atoms with Crippen LogP contribution in [-0.2, 0) is 4.79 Å². The first kappa shape index (κ1) is 14.2. The van der Waals surface area contributed by atoms with E-state index < -0.39 is 0 Å². The van der Waals surface area contributed by atoms with E-state index in [2.05, 4.69) is 19.9 Å². The first-order valence-corrected chi connectivity index (χ1v) is 6.46. The molecule has 1 aromatic rings. The molecule has 0 spiro atoms. The number of anilines is 1. The zero-order valence-electron chi connectivity index (χ0n) is 11.3. The minimum absolute atomic E-state index is 0.103. The molecule has 0 radical (unpaired) electrons. The van der Waals surface area contributed by atoms with Gasteiger partial charge in [0.05, 0.1) is 11.6 Å². The highest BCUT2D eigenvalue weighted by Gasteiger charge is 2.20. The highest BCUT2D eigenvalue weighted by molar-refractivity contribution is 5.93. The summed E-state index contributed by atoms with van der Waals surface area (Å²) in [5.74, 6) is 0.103. The number of rotatable bonds is 5. The summed E-state index contributed by atoms with van der Waals surface area (Å²) in [6.45, 7) is 6.02. The highest BCUT2D eigenvalue weighted by Crippen LogP contribution is 2.21. The standard InChI is InChI=1S/C15H20N2O/c1-4-7-12(3)17(15(18)5-2)14-9-6-8-13(10-14)11-16/h6,8-10,12H,4-5,7H2,1-3H3. The van der Waals surface area contributed by atoms with Gasteiger partial charge in [-0.25, -0.2) is 0 Å². The van der Waals surface area contributed by atoms with E-state index in [1.54, 1.807) is 12.1 Å². The van der Waals surface area contributed by atoms with Crippen molar-refractivity contribution in [3.8, 4) is 6.07 Å². The van der Waals surface area contributed by atoms with E-state index in [9.17, 15) is 4.79 Å². The van der Waals surface area contributed by atoms with Crippen LogP contribution in [0.25, 0.3) is 0 Å². The summed E-state index contributed by atoms with van der Waals surface area (Å²) in [7, 11) is 0. The molecule has 0 N–H and O–H groups in total. The average molecular weight is 244 g/mol. The van der Waals surface area contributed by atoms with Gasteiger partial charge in [-0.05, 0) is 31.5 Å². The van der Waals surface area contributed by atoms with Gasteiger partial charge in [-0.1, -0.05) is 26.3 Å². The molecule has 0 fully saturated rings. The lowest BCUT2D eigenvalue weighted by molar-refractivity contribution is -0.118. The van der Waals surface area contributed by atoms with Crippen LogP contribution in [0.5, 0.6) is 0 Å². The van der Waals surface area contributed by atoms with E-state index in [4.69, 9.17) is 5.26 Å². The molecule has 1 amide bonds. The fourth-order valence-corrected chi connectivity index (χ4v) is 2.09. The van der Waals surface area contributed by atoms with Gasteiger partial charge in [0.2, 0.25) is 5.91 Å². The smallest absolute Gasteiger partial charge is 0.226 e. The minimum atomic E-state index is 0.103. The van der Waals surface area contributed by atoms with Crippen molar-refractivity contribution in [1.29, 1.82) is 5.26 Å². The largest absolute Gasteiger partial charge is 0.310 e. The summed E-state index contributed by atoms with van der Waals surface area (Å²) in [6, 6.07) is 9.52. The van der Waals surface area contributed by atoms with E-state index in [0.29, 0.717) is 12.0 Å². The van der Waals surface area contributed by atoms with Gasteiger partial charge in [-0.15, -0.1) is 0 Å². The van der Waals surface area contributed by atoms with Gasteiger partial charge in [0.15, 0.2) is 0 Å². The van der Waals surface area contributed by atoms with E-state index in [-0.39, 0.29) is 11.9 Å². The zero-order valence-corrected chi connectivity index (χ0v) is 11.3. The molecule has 1 aromatic carbocycles. The third-order valence-electron chi connectivity index (χ3n) is 2.97. The van der Waals surface area contributed by atoms with Crippen molar-refractivity contribution >= 4 is 11.6 Å². The summed E-state index contributed by atoms with van der Waals surface area (Å²) in [5.41, 5.74) is 1.41. The minimum Gasteiger partial charge on any atom is -0.310 e. The Morgan fingerprint density at radius 2 is 2.17 bits per heavy atom. The van der Waals surface area contributed by atoms with Crippen LogP contribution in [0.2, 0.25) is 0 Å². The lowest BCUT2D eigenvalue weighted by Crippen LogP contribution is -2.38. The molecule has 0 aliphatic carbocycles. The lowest BCUT2D eigenvalue weighted by atomic mass is 10.1. The topological polar surface area (TPSA) is 44.1 Å². The van der Waals surface area contributed by atoms with Crippen LogP contribution >= 0.6 is 0 Å². The van der Waals surface area contributed by atoms with Crippen LogP contribution in [0.3, 0.4) is 0 Å². The van der Waals surface area contributed by atoms with Crippen LogP contribution in [0.1, 0.15) is 45.6 Å². The molecule has 1 atom stereocenters. The van der Waals surface area contributed by atoms with E-state index in [1.807, 2.05) is 24.0 Å². The van der Waals surface area contributed by atoms with Gasteiger partial charge in [0.1, 0.15) is 0 Å². The second-order valence-electron chi connectivity index (χ2n) is 4.42. The summed E-state index contributed by atoms with van der Waals surface area (Å²) < 4.78 is 0. The number of hydrogen-bond acceptors (Lipinski definition) is 2.